The topological polar surface area (TPSA) is 62.5 Å². The van der Waals surface area contributed by atoms with Crippen LogP contribution < -0.4 is 0 Å². The first kappa shape index (κ1) is 16.0. The maximum absolute atomic E-state index is 12.8. The van der Waals surface area contributed by atoms with Crippen LogP contribution in [0.4, 0.5) is 0 Å². The highest BCUT2D eigenvalue weighted by atomic mass is 35.5. The van der Waals surface area contributed by atoms with Crippen molar-refractivity contribution in [1.82, 2.24) is 19.9 Å². The highest BCUT2D eigenvalue weighted by molar-refractivity contribution is 6.33. The maximum Gasteiger partial charge on any atom is 0.255 e. The van der Waals surface area contributed by atoms with Crippen molar-refractivity contribution >= 4 is 17.5 Å². The van der Waals surface area contributed by atoms with Crippen LogP contribution >= 0.6 is 11.6 Å². The highest BCUT2D eigenvalue weighted by Gasteiger charge is 2.32. The summed E-state index contributed by atoms with van der Waals surface area (Å²) in [7, 11) is 1.99. The molecule has 0 N–H and O–H groups in total. The molecule has 0 radical (unpaired) electrons. The fourth-order valence-electron chi connectivity index (χ4n) is 2.74. The normalized spacial score (nSPS) is 19.1. The van der Waals surface area contributed by atoms with Crippen LogP contribution in [0.15, 0.2) is 22.7 Å². The Morgan fingerprint density at radius 1 is 1.35 bits per heavy atom. The zero-order chi connectivity index (χ0) is 16.6. The lowest BCUT2D eigenvalue weighted by Gasteiger charge is -2.37. The van der Waals surface area contributed by atoms with Gasteiger partial charge in [-0.05, 0) is 38.6 Å². The van der Waals surface area contributed by atoms with Crippen molar-refractivity contribution in [2.45, 2.75) is 19.9 Å². The van der Waals surface area contributed by atoms with Gasteiger partial charge in [-0.1, -0.05) is 22.8 Å². The fraction of sp³-hybridized carbons (Fsp3) is 0.438. The minimum absolute atomic E-state index is 0.0654. The summed E-state index contributed by atoms with van der Waals surface area (Å²) >= 11 is 6.23. The standard InChI is InChI=1S/C16H19ClN4O2/c1-10-4-5-12(13(17)8-10)16(22)21-7-6-20(3)14(9-21)15-18-11(2)19-23-15/h4-5,8,14H,6-7,9H2,1-3H3. The van der Waals surface area contributed by atoms with Gasteiger partial charge in [-0.3, -0.25) is 9.69 Å². The van der Waals surface area contributed by atoms with Crippen molar-refractivity contribution in [3.05, 3.63) is 46.1 Å². The van der Waals surface area contributed by atoms with Crippen molar-refractivity contribution in [3.63, 3.8) is 0 Å². The van der Waals surface area contributed by atoms with E-state index in [-0.39, 0.29) is 11.9 Å². The second kappa shape index (κ2) is 6.29. The van der Waals surface area contributed by atoms with Gasteiger partial charge in [-0.25, -0.2) is 0 Å². The minimum atomic E-state index is -0.0990. The molecule has 3 rings (SSSR count). The SMILES string of the molecule is Cc1ccc(C(=O)N2CCN(C)C(c3nc(C)no3)C2)c(Cl)c1. The van der Waals surface area contributed by atoms with Gasteiger partial charge in [0.05, 0.1) is 10.6 Å². The van der Waals surface area contributed by atoms with Crippen LogP contribution in [0.25, 0.3) is 0 Å². The van der Waals surface area contributed by atoms with Gasteiger partial charge in [0.25, 0.3) is 5.91 Å². The molecule has 1 aliphatic rings. The third-order valence-corrected chi connectivity index (χ3v) is 4.43. The minimum Gasteiger partial charge on any atom is -0.338 e. The lowest BCUT2D eigenvalue weighted by atomic mass is 10.1. The number of likely N-dealkylation sites (N-methyl/N-ethyl adjacent to an activating group) is 1. The number of halogens is 1. The Morgan fingerprint density at radius 3 is 2.78 bits per heavy atom. The Balaban J connectivity index is 1.81. The van der Waals surface area contributed by atoms with Crippen LogP contribution in [0, 0.1) is 13.8 Å². The molecule has 1 fully saturated rings. The van der Waals surface area contributed by atoms with Crippen LogP contribution in [-0.4, -0.2) is 52.5 Å². The molecule has 23 heavy (non-hydrogen) atoms. The number of amides is 1. The number of aromatic nitrogens is 2. The molecule has 2 heterocycles. The van der Waals surface area contributed by atoms with Crippen LogP contribution in [0.5, 0.6) is 0 Å². The largest absolute Gasteiger partial charge is 0.338 e. The second-order valence-corrected chi connectivity index (χ2v) is 6.32. The van der Waals surface area contributed by atoms with Gasteiger partial charge in [0.15, 0.2) is 5.82 Å². The summed E-state index contributed by atoms with van der Waals surface area (Å²) in [6.07, 6.45) is 0. The lowest BCUT2D eigenvalue weighted by molar-refractivity contribution is 0.0489. The summed E-state index contributed by atoms with van der Waals surface area (Å²) in [6.45, 7) is 5.61. The molecule has 1 amide bonds. The maximum atomic E-state index is 12.8. The molecule has 1 aliphatic heterocycles. The lowest BCUT2D eigenvalue weighted by Crippen LogP contribution is -2.49. The summed E-state index contributed by atoms with van der Waals surface area (Å²) < 4.78 is 5.28. The van der Waals surface area contributed by atoms with E-state index in [1.165, 1.54) is 0 Å². The van der Waals surface area contributed by atoms with E-state index < -0.39 is 0 Å². The summed E-state index contributed by atoms with van der Waals surface area (Å²) in [5.74, 6) is 1.07. The molecule has 1 atom stereocenters. The monoisotopic (exact) mass is 334 g/mol. The molecule has 122 valence electrons. The first-order valence-corrected chi connectivity index (χ1v) is 7.89. The fourth-order valence-corrected chi connectivity index (χ4v) is 3.05. The molecular weight excluding hydrogens is 316 g/mol. The van der Waals surface area contributed by atoms with Gasteiger partial charge in [-0.2, -0.15) is 4.98 Å². The van der Waals surface area contributed by atoms with E-state index in [1.54, 1.807) is 17.9 Å². The van der Waals surface area contributed by atoms with Crippen LogP contribution in [-0.2, 0) is 0 Å². The number of rotatable bonds is 2. The zero-order valence-electron chi connectivity index (χ0n) is 13.4. The Bertz CT molecular complexity index is 731. The number of aryl methyl sites for hydroxylation is 2. The third kappa shape index (κ3) is 3.23. The van der Waals surface area contributed by atoms with E-state index in [0.29, 0.717) is 35.4 Å². The van der Waals surface area contributed by atoms with Crippen LogP contribution in [0.3, 0.4) is 0 Å². The van der Waals surface area contributed by atoms with Gasteiger partial charge in [0.2, 0.25) is 5.89 Å². The average Bonchev–Trinajstić information content (AvgIpc) is 2.93. The number of benzene rings is 1. The number of piperazine rings is 1. The van der Waals surface area contributed by atoms with E-state index in [1.807, 2.05) is 26.1 Å². The van der Waals surface area contributed by atoms with Crippen LogP contribution in [0.1, 0.15) is 33.7 Å². The molecule has 0 bridgehead atoms. The van der Waals surface area contributed by atoms with Gasteiger partial charge in [0.1, 0.15) is 6.04 Å². The highest BCUT2D eigenvalue weighted by Crippen LogP contribution is 2.26. The van der Waals surface area contributed by atoms with Crippen molar-refractivity contribution < 1.29 is 9.32 Å². The van der Waals surface area contributed by atoms with Crippen molar-refractivity contribution in [3.8, 4) is 0 Å². The van der Waals surface area contributed by atoms with E-state index in [9.17, 15) is 4.79 Å². The Kier molecular flexibility index (Phi) is 4.37. The van der Waals surface area contributed by atoms with Gasteiger partial charge >= 0.3 is 0 Å². The number of carbonyl (C=O) groups is 1. The van der Waals surface area contributed by atoms with Gasteiger partial charge in [-0.15, -0.1) is 0 Å². The Hall–Kier alpha value is -1.92. The molecule has 1 unspecified atom stereocenters. The first-order chi connectivity index (χ1) is 11.0. The van der Waals surface area contributed by atoms with Crippen molar-refractivity contribution in [1.29, 1.82) is 0 Å². The van der Waals surface area contributed by atoms with Crippen molar-refractivity contribution in [2.75, 3.05) is 26.7 Å². The smallest absolute Gasteiger partial charge is 0.255 e. The molecule has 7 heteroatoms. The first-order valence-electron chi connectivity index (χ1n) is 7.51. The van der Waals surface area contributed by atoms with E-state index >= 15 is 0 Å². The van der Waals surface area contributed by atoms with Crippen LogP contribution in [0.2, 0.25) is 5.02 Å². The Labute approximate surface area is 140 Å². The summed E-state index contributed by atoms with van der Waals surface area (Å²) in [6, 6.07) is 5.39. The van der Waals surface area contributed by atoms with E-state index in [2.05, 4.69) is 15.0 Å². The van der Waals surface area contributed by atoms with Crippen molar-refractivity contribution in [2.24, 2.45) is 0 Å². The average molecular weight is 335 g/mol. The summed E-state index contributed by atoms with van der Waals surface area (Å²) in [4.78, 5) is 21.0. The molecule has 6 nitrogen and oxygen atoms in total. The third-order valence-electron chi connectivity index (χ3n) is 4.12. The predicted molar refractivity (Wildman–Crippen MR) is 86.5 cm³/mol. The molecule has 1 aromatic heterocycles. The quantitative estimate of drug-likeness (QED) is 0.844. The summed E-state index contributed by atoms with van der Waals surface area (Å²) in [5, 5.41) is 4.33. The molecule has 0 saturated carbocycles. The number of hydrogen-bond acceptors (Lipinski definition) is 5. The molecule has 2 aromatic rings. The second-order valence-electron chi connectivity index (χ2n) is 5.91. The van der Waals surface area contributed by atoms with E-state index in [0.717, 1.165) is 12.1 Å². The zero-order valence-corrected chi connectivity index (χ0v) is 14.2. The molecule has 1 saturated heterocycles. The predicted octanol–water partition coefficient (Wildman–Crippen LogP) is 2.47. The molecule has 1 aromatic carbocycles. The number of carbonyl (C=O) groups excluding carboxylic acids is 1. The molecule has 0 aliphatic carbocycles. The number of nitrogens with zero attached hydrogens (tertiary/aromatic N) is 4. The molecular formula is C16H19ClN4O2. The summed E-state index contributed by atoms with van der Waals surface area (Å²) in [5.41, 5.74) is 1.56. The molecule has 0 spiro atoms. The van der Waals surface area contributed by atoms with E-state index in [4.69, 9.17) is 16.1 Å². The van der Waals surface area contributed by atoms with Gasteiger partial charge in [0, 0.05) is 19.6 Å². The van der Waals surface area contributed by atoms with Gasteiger partial charge < -0.3 is 9.42 Å². The Morgan fingerprint density at radius 2 is 2.13 bits per heavy atom. The number of hydrogen-bond donors (Lipinski definition) is 0.